The van der Waals surface area contributed by atoms with Crippen molar-refractivity contribution < 1.29 is 4.79 Å². The highest BCUT2D eigenvalue weighted by atomic mass is 32.1. The fourth-order valence-corrected chi connectivity index (χ4v) is 3.39. The smallest absolute Gasteiger partial charge is 0.261 e. The number of nitrogens with one attached hydrogen (secondary N) is 1. The van der Waals surface area contributed by atoms with Crippen molar-refractivity contribution in [3.05, 3.63) is 34.7 Å². The Morgan fingerprint density at radius 1 is 1.61 bits per heavy atom. The van der Waals surface area contributed by atoms with Crippen LogP contribution in [-0.4, -0.2) is 21.8 Å². The van der Waals surface area contributed by atoms with Crippen molar-refractivity contribution in [3.63, 3.8) is 0 Å². The highest BCUT2D eigenvalue weighted by molar-refractivity contribution is 7.21. The van der Waals surface area contributed by atoms with E-state index >= 15 is 0 Å². The molecule has 3 heterocycles. The first-order valence-corrected chi connectivity index (χ1v) is 7.12. The van der Waals surface area contributed by atoms with Crippen molar-refractivity contribution in [2.45, 2.75) is 6.92 Å². The Morgan fingerprint density at radius 2 is 2.44 bits per heavy atom. The number of amides is 1. The van der Waals surface area contributed by atoms with E-state index in [0.29, 0.717) is 11.4 Å². The third-order valence-corrected chi connectivity index (χ3v) is 4.29. The SMILES string of the molecule is C=C(C)CNC(=O)c1cc2c(nc3sccn32)s1. The van der Waals surface area contributed by atoms with Crippen LogP contribution in [0.15, 0.2) is 29.8 Å². The van der Waals surface area contributed by atoms with Gasteiger partial charge in [0.15, 0.2) is 4.96 Å². The lowest BCUT2D eigenvalue weighted by Gasteiger charge is -2.01. The number of carbonyl (C=O) groups is 1. The Hall–Kier alpha value is -1.66. The molecule has 0 saturated heterocycles. The van der Waals surface area contributed by atoms with Gasteiger partial charge < -0.3 is 5.32 Å². The van der Waals surface area contributed by atoms with Gasteiger partial charge in [0.2, 0.25) is 0 Å². The molecule has 0 aliphatic rings. The van der Waals surface area contributed by atoms with Crippen LogP contribution in [0.1, 0.15) is 16.6 Å². The van der Waals surface area contributed by atoms with Gasteiger partial charge in [-0.3, -0.25) is 9.20 Å². The van der Waals surface area contributed by atoms with E-state index in [1.165, 1.54) is 11.3 Å². The van der Waals surface area contributed by atoms with Gasteiger partial charge in [-0.05, 0) is 13.0 Å². The number of nitrogens with zero attached hydrogens (tertiary/aromatic N) is 2. The van der Waals surface area contributed by atoms with Crippen LogP contribution in [0.3, 0.4) is 0 Å². The molecular weight excluding hydrogens is 266 g/mol. The van der Waals surface area contributed by atoms with E-state index in [-0.39, 0.29) is 5.91 Å². The van der Waals surface area contributed by atoms with Gasteiger partial charge in [-0.25, -0.2) is 4.98 Å². The molecular formula is C12H11N3OS2. The van der Waals surface area contributed by atoms with E-state index in [1.54, 1.807) is 11.3 Å². The first kappa shape index (κ1) is 11.4. The van der Waals surface area contributed by atoms with Crippen LogP contribution in [0.2, 0.25) is 0 Å². The van der Waals surface area contributed by atoms with E-state index < -0.39 is 0 Å². The minimum atomic E-state index is -0.0648. The Bertz CT molecular complexity index is 750. The number of thiophene rings is 1. The summed E-state index contributed by atoms with van der Waals surface area (Å²) in [6.45, 7) is 6.16. The van der Waals surface area contributed by atoms with Gasteiger partial charge in [0.05, 0.1) is 10.4 Å². The number of thiazole rings is 1. The maximum absolute atomic E-state index is 11.9. The van der Waals surface area contributed by atoms with E-state index in [1.807, 2.05) is 29.0 Å². The number of imidazole rings is 1. The van der Waals surface area contributed by atoms with Gasteiger partial charge in [0, 0.05) is 18.1 Å². The molecule has 1 N–H and O–H groups in total. The van der Waals surface area contributed by atoms with Crippen LogP contribution >= 0.6 is 22.7 Å². The molecule has 3 rings (SSSR count). The lowest BCUT2D eigenvalue weighted by Crippen LogP contribution is -2.23. The van der Waals surface area contributed by atoms with E-state index in [2.05, 4.69) is 16.9 Å². The lowest BCUT2D eigenvalue weighted by atomic mass is 10.3. The van der Waals surface area contributed by atoms with Crippen molar-refractivity contribution in [1.82, 2.24) is 14.7 Å². The zero-order valence-corrected chi connectivity index (χ0v) is 11.4. The number of carbonyl (C=O) groups excluding carboxylic acids is 1. The van der Waals surface area contributed by atoms with Gasteiger partial charge in [-0.2, -0.15) is 0 Å². The van der Waals surface area contributed by atoms with Crippen molar-refractivity contribution in [3.8, 4) is 0 Å². The molecule has 3 aromatic heterocycles. The van der Waals surface area contributed by atoms with Crippen LogP contribution in [0.5, 0.6) is 0 Å². The Morgan fingerprint density at radius 3 is 3.22 bits per heavy atom. The molecule has 0 aliphatic carbocycles. The second-order valence-electron chi connectivity index (χ2n) is 4.11. The van der Waals surface area contributed by atoms with Gasteiger partial charge in [0.25, 0.3) is 5.91 Å². The largest absolute Gasteiger partial charge is 0.348 e. The third kappa shape index (κ3) is 1.83. The normalized spacial score (nSPS) is 11.2. The topological polar surface area (TPSA) is 46.4 Å². The van der Waals surface area contributed by atoms with Gasteiger partial charge in [-0.1, -0.05) is 12.2 Å². The molecule has 0 fully saturated rings. The Labute approximate surface area is 112 Å². The average Bonchev–Trinajstić information content (AvgIpc) is 2.95. The predicted octanol–water partition coefficient (Wildman–Crippen LogP) is 2.92. The molecule has 92 valence electrons. The van der Waals surface area contributed by atoms with Gasteiger partial charge in [-0.15, -0.1) is 22.7 Å². The number of rotatable bonds is 3. The quantitative estimate of drug-likeness (QED) is 0.748. The summed E-state index contributed by atoms with van der Waals surface area (Å²) in [5.74, 6) is -0.0648. The van der Waals surface area contributed by atoms with E-state index in [4.69, 9.17) is 0 Å². The second kappa shape index (κ2) is 4.22. The van der Waals surface area contributed by atoms with Crippen molar-refractivity contribution in [2.24, 2.45) is 0 Å². The molecule has 18 heavy (non-hydrogen) atoms. The molecule has 0 aliphatic heterocycles. The maximum atomic E-state index is 11.9. The number of hydrogen-bond acceptors (Lipinski definition) is 4. The molecule has 4 nitrogen and oxygen atoms in total. The molecule has 0 saturated carbocycles. The fourth-order valence-electron chi connectivity index (χ4n) is 1.68. The molecule has 3 aromatic rings. The molecule has 6 heteroatoms. The van der Waals surface area contributed by atoms with Gasteiger partial charge in [0.1, 0.15) is 4.83 Å². The second-order valence-corrected chi connectivity index (χ2v) is 6.01. The monoisotopic (exact) mass is 277 g/mol. The highest BCUT2D eigenvalue weighted by Crippen LogP contribution is 2.28. The van der Waals surface area contributed by atoms with E-state index in [9.17, 15) is 4.79 Å². The molecule has 0 spiro atoms. The fraction of sp³-hybridized carbons (Fsp3) is 0.167. The molecule has 0 bridgehead atoms. The van der Waals surface area contributed by atoms with Crippen LogP contribution in [0.4, 0.5) is 0 Å². The molecule has 0 radical (unpaired) electrons. The lowest BCUT2D eigenvalue weighted by molar-refractivity contribution is 0.0961. The summed E-state index contributed by atoms with van der Waals surface area (Å²) in [6.07, 6.45) is 1.97. The first-order valence-electron chi connectivity index (χ1n) is 5.43. The summed E-state index contributed by atoms with van der Waals surface area (Å²) >= 11 is 3.01. The van der Waals surface area contributed by atoms with Crippen molar-refractivity contribution in [2.75, 3.05) is 6.54 Å². The zero-order valence-electron chi connectivity index (χ0n) is 9.77. The molecule has 1 amide bonds. The van der Waals surface area contributed by atoms with Gasteiger partial charge >= 0.3 is 0 Å². The third-order valence-electron chi connectivity index (χ3n) is 2.51. The molecule has 0 atom stereocenters. The standard InChI is InChI=1S/C12H11N3OS2/c1-7(2)6-13-10(16)9-5-8-11(18-9)14-12-15(8)3-4-17-12/h3-5H,1,6H2,2H3,(H,13,16). The minimum Gasteiger partial charge on any atom is -0.348 e. The predicted molar refractivity (Wildman–Crippen MR) is 75.6 cm³/mol. The zero-order chi connectivity index (χ0) is 12.7. The summed E-state index contributed by atoms with van der Waals surface area (Å²) in [5, 5.41) is 4.81. The summed E-state index contributed by atoms with van der Waals surface area (Å²) in [6, 6.07) is 1.89. The average molecular weight is 277 g/mol. The van der Waals surface area contributed by atoms with Crippen LogP contribution in [-0.2, 0) is 0 Å². The number of fused-ring (bicyclic) bond motifs is 3. The Kier molecular flexibility index (Phi) is 2.68. The van der Waals surface area contributed by atoms with Crippen LogP contribution < -0.4 is 5.32 Å². The Balaban J connectivity index is 1.95. The van der Waals surface area contributed by atoms with E-state index in [0.717, 1.165) is 20.9 Å². The van der Waals surface area contributed by atoms with Crippen molar-refractivity contribution >= 4 is 43.9 Å². The summed E-state index contributed by atoms with van der Waals surface area (Å²) < 4.78 is 2.01. The molecule has 0 unspecified atom stereocenters. The highest BCUT2D eigenvalue weighted by Gasteiger charge is 2.14. The molecule has 0 aromatic carbocycles. The van der Waals surface area contributed by atoms with Crippen molar-refractivity contribution in [1.29, 1.82) is 0 Å². The van der Waals surface area contributed by atoms with Crippen LogP contribution in [0.25, 0.3) is 15.3 Å². The number of aromatic nitrogens is 2. The minimum absolute atomic E-state index is 0.0648. The number of hydrogen-bond donors (Lipinski definition) is 1. The van der Waals surface area contributed by atoms with Crippen LogP contribution in [0, 0.1) is 0 Å². The summed E-state index contributed by atoms with van der Waals surface area (Å²) in [7, 11) is 0. The maximum Gasteiger partial charge on any atom is 0.261 e. The first-order chi connectivity index (χ1) is 8.65. The summed E-state index contributed by atoms with van der Waals surface area (Å²) in [4.78, 5) is 18.9. The summed E-state index contributed by atoms with van der Waals surface area (Å²) in [5.41, 5.74) is 1.93.